The summed E-state index contributed by atoms with van der Waals surface area (Å²) >= 11 is 0. The van der Waals surface area contributed by atoms with Crippen LogP contribution in [0.15, 0.2) is 0 Å². The summed E-state index contributed by atoms with van der Waals surface area (Å²) in [5, 5.41) is 0. The average molecular weight is 291 g/mol. The van der Waals surface area contributed by atoms with Crippen molar-refractivity contribution in [2.75, 3.05) is 13.7 Å². The van der Waals surface area contributed by atoms with Crippen molar-refractivity contribution in [1.82, 2.24) is 9.97 Å². The Morgan fingerprint density at radius 1 is 1.05 bits per heavy atom. The maximum Gasteiger partial charge on any atom is 0.160 e. The van der Waals surface area contributed by atoms with Crippen LogP contribution in [0.5, 0.6) is 0 Å². The van der Waals surface area contributed by atoms with E-state index in [4.69, 9.17) is 20.4 Å². The van der Waals surface area contributed by atoms with Crippen LogP contribution in [0.3, 0.4) is 0 Å². The molecule has 1 aliphatic carbocycles. The SMILES string of the molecule is CCc1nc(C2(OC)CCCCC2)nc(CC)c1CCN. The van der Waals surface area contributed by atoms with Crippen LogP contribution >= 0.6 is 0 Å². The van der Waals surface area contributed by atoms with E-state index in [2.05, 4.69) is 13.8 Å². The van der Waals surface area contributed by atoms with Gasteiger partial charge in [-0.15, -0.1) is 0 Å². The number of rotatable bonds is 6. The van der Waals surface area contributed by atoms with E-state index in [-0.39, 0.29) is 5.60 Å². The van der Waals surface area contributed by atoms with Gasteiger partial charge in [-0.2, -0.15) is 0 Å². The Morgan fingerprint density at radius 3 is 2.05 bits per heavy atom. The number of aryl methyl sites for hydroxylation is 2. The van der Waals surface area contributed by atoms with Crippen LogP contribution in [-0.4, -0.2) is 23.6 Å². The number of hydrogen-bond acceptors (Lipinski definition) is 4. The first-order valence-corrected chi connectivity index (χ1v) is 8.35. The van der Waals surface area contributed by atoms with Crippen molar-refractivity contribution in [3.63, 3.8) is 0 Å². The quantitative estimate of drug-likeness (QED) is 0.875. The van der Waals surface area contributed by atoms with Gasteiger partial charge in [-0.3, -0.25) is 0 Å². The molecule has 0 saturated heterocycles. The Hall–Kier alpha value is -1.00. The largest absolute Gasteiger partial charge is 0.370 e. The molecule has 2 N–H and O–H groups in total. The predicted molar refractivity (Wildman–Crippen MR) is 85.3 cm³/mol. The fourth-order valence-corrected chi connectivity index (χ4v) is 3.45. The number of nitrogens with two attached hydrogens (primary N) is 1. The molecule has 4 heteroatoms. The Kier molecular flexibility index (Phi) is 5.71. The van der Waals surface area contributed by atoms with Crippen molar-refractivity contribution < 1.29 is 4.74 Å². The molecule has 0 radical (unpaired) electrons. The van der Waals surface area contributed by atoms with Crippen LogP contribution in [0, 0.1) is 0 Å². The number of ether oxygens (including phenoxy) is 1. The van der Waals surface area contributed by atoms with E-state index in [1.807, 2.05) is 0 Å². The second kappa shape index (κ2) is 7.32. The minimum Gasteiger partial charge on any atom is -0.370 e. The van der Waals surface area contributed by atoms with E-state index in [9.17, 15) is 0 Å². The Morgan fingerprint density at radius 2 is 1.62 bits per heavy atom. The third kappa shape index (κ3) is 3.27. The lowest BCUT2D eigenvalue weighted by molar-refractivity contribution is -0.0518. The smallest absolute Gasteiger partial charge is 0.160 e. The van der Waals surface area contributed by atoms with E-state index in [1.165, 1.54) is 24.8 Å². The summed E-state index contributed by atoms with van der Waals surface area (Å²) in [5.74, 6) is 0.902. The van der Waals surface area contributed by atoms with E-state index >= 15 is 0 Å². The van der Waals surface area contributed by atoms with Crippen LogP contribution in [0.2, 0.25) is 0 Å². The molecule has 1 heterocycles. The monoisotopic (exact) mass is 291 g/mol. The molecule has 0 amide bonds. The van der Waals surface area contributed by atoms with Gasteiger partial charge in [0.25, 0.3) is 0 Å². The zero-order chi connectivity index (χ0) is 15.3. The Balaban J connectivity index is 2.48. The molecule has 21 heavy (non-hydrogen) atoms. The molecule has 0 atom stereocenters. The molecule has 4 nitrogen and oxygen atoms in total. The van der Waals surface area contributed by atoms with Crippen LogP contribution in [0.25, 0.3) is 0 Å². The fraction of sp³-hybridized carbons (Fsp3) is 0.765. The highest BCUT2D eigenvalue weighted by Gasteiger charge is 2.37. The minimum atomic E-state index is -0.271. The molecule has 2 rings (SSSR count). The first-order chi connectivity index (χ1) is 10.2. The highest BCUT2D eigenvalue weighted by Crippen LogP contribution is 2.38. The number of hydrogen-bond donors (Lipinski definition) is 1. The summed E-state index contributed by atoms with van der Waals surface area (Å²) in [5.41, 5.74) is 9.06. The standard InChI is InChI=1S/C17H29N3O/c1-4-14-13(9-12-18)15(5-2)20-16(19-14)17(21-3)10-7-6-8-11-17/h4-12,18H2,1-3H3. The molecule has 0 unspecified atom stereocenters. The molecule has 0 aliphatic heterocycles. The highest BCUT2D eigenvalue weighted by atomic mass is 16.5. The Bertz CT molecular complexity index is 442. The van der Waals surface area contributed by atoms with Crippen LogP contribution < -0.4 is 5.73 Å². The van der Waals surface area contributed by atoms with Crippen LogP contribution in [0.4, 0.5) is 0 Å². The molecule has 1 aliphatic rings. The summed E-state index contributed by atoms with van der Waals surface area (Å²) < 4.78 is 5.91. The lowest BCUT2D eigenvalue weighted by atomic mass is 9.83. The lowest BCUT2D eigenvalue weighted by Gasteiger charge is -2.35. The number of aromatic nitrogens is 2. The molecule has 1 fully saturated rings. The van der Waals surface area contributed by atoms with Gasteiger partial charge in [0.1, 0.15) is 5.60 Å². The zero-order valence-electron chi connectivity index (χ0n) is 13.7. The summed E-state index contributed by atoms with van der Waals surface area (Å²) in [4.78, 5) is 9.79. The van der Waals surface area contributed by atoms with Crippen molar-refractivity contribution in [2.24, 2.45) is 5.73 Å². The van der Waals surface area contributed by atoms with Gasteiger partial charge in [0.15, 0.2) is 5.82 Å². The maximum absolute atomic E-state index is 5.91. The zero-order valence-corrected chi connectivity index (χ0v) is 13.7. The molecule has 1 aromatic heterocycles. The van der Waals surface area contributed by atoms with Gasteiger partial charge in [-0.05, 0) is 44.2 Å². The van der Waals surface area contributed by atoms with Gasteiger partial charge in [0.2, 0.25) is 0 Å². The normalized spacial score (nSPS) is 17.9. The molecular weight excluding hydrogens is 262 g/mol. The molecule has 1 saturated carbocycles. The minimum absolute atomic E-state index is 0.271. The topological polar surface area (TPSA) is 61.0 Å². The summed E-state index contributed by atoms with van der Waals surface area (Å²) in [6.45, 7) is 4.97. The molecule has 0 aromatic carbocycles. The molecule has 0 bridgehead atoms. The van der Waals surface area contributed by atoms with E-state index < -0.39 is 0 Å². The van der Waals surface area contributed by atoms with Gasteiger partial charge in [-0.1, -0.05) is 33.1 Å². The maximum atomic E-state index is 5.91. The van der Waals surface area contributed by atoms with E-state index in [0.29, 0.717) is 6.54 Å². The third-order valence-corrected chi connectivity index (χ3v) is 4.70. The summed E-state index contributed by atoms with van der Waals surface area (Å²) in [7, 11) is 1.81. The molecular formula is C17H29N3O. The first kappa shape index (κ1) is 16.4. The van der Waals surface area contributed by atoms with Crippen molar-refractivity contribution in [2.45, 2.75) is 70.8 Å². The second-order valence-corrected chi connectivity index (χ2v) is 5.92. The second-order valence-electron chi connectivity index (χ2n) is 5.92. The van der Waals surface area contributed by atoms with E-state index in [1.54, 1.807) is 7.11 Å². The van der Waals surface area contributed by atoms with Crippen LogP contribution in [0.1, 0.15) is 68.7 Å². The predicted octanol–water partition coefficient (Wildman–Crippen LogP) is 2.91. The number of nitrogens with zero attached hydrogens (tertiary/aromatic N) is 2. The summed E-state index contributed by atoms with van der Waals surface area (Å²) in [6, 6.07) is 0. The highest BCUT2D eigenvalue weighted by molar-refractivity contribution is 5.28. The van der Waals surface area contributed by atoms with Gasteiger partial charge in [0, 0.05) is 18.5 Å². The fourth-order valence-electron chi connectivity index (χ4n) is 3.45. The average Bonchev–Trinajstić information content (AvgIpc) is 2.55. The van der Waals surface area contributed by atoms with Gasteiger partial charge >= 0.3 is 0 Å². The van der Waals surface area contributed by atoms with Crippen molar-refractivity contribution in [3.05, 3.63) is 22.8 Å². The van der Waals surface area contributed by atoms with Gasteiger partial charge < -0.3 is 10.5 Å². The summed E-state index contributed by atoms with van der Waals surface area (Å²) in [6.07, 6.45) is 8.48. The van der Waals surface area contributed by atoms with E-state index in [0.717, 1.165) is 49.3 Å². The molecule has 0 spiro atoms. The first-order valence-electron chi connectivity index (χ1n) is 8.35. The third-order valence-electron chi connectivity index (χ3n) is 4.70. The Labute approximate surface area is 128 Å². The number of methoxy groups -OCH3 is 1. The molecule has 118 valence electrons. The van der Waals surface area contributed by atoms with Crippen molar-refractivity contribution in [3.8, 4) is 0 Å². The van der Waals surface area contributed by atoms with Gasteiger partial charge in [0.05, 0.1) is 0 Å². The lowest BCUT2D eigenvalue weighted by Crippen LogP contribution is -2.34. The molecule has 1 aromatic rings. The van der Waals surface area contributed by atoms with Gasteiger partial charge in [-0.25, -0.2) is 9.97 Å². The van der Waals surface area contributed by atoms with Crippen molar-refractivity contribution in [1.29, 1.82) is 0 Å². The van der Waals surface area contributed by atoms with Crippen molar-refractivity contribution >= 4 is 0 Å². The van der Waals surface area contributed by atoms with Crippen LogP contribution in [-0.2, 0) is 29.6 Å².